The first kappa shape index (κ1) is 22.6. The summed E-state index contributed by atoms with van der Waals surface area (Å²) < 4.78 is 6.92. The Morgan fingerprint density at radius 1 is 1.29 bits per heavy atom. The van der Waals surface area contributed by atoms with Gasteiger partial charge in [0.25, 0.3) is 5.91 Å². The van der Waals surface area contributed by atoms with Gasteiger partial charge < -0.3 is 21.1 Å². The predicted octanol–water partition coefficient (Wildman–Crippen LogP) is 2.41. The molecule has 10 nitrogen and oxygen atoms in total. The molecule has 10 heteroatoms. The first-order valence-corrected chi connectivity index (χ1v) is 10.6. The Kier molecular flexibility index (Phi) is 6.25. The number of anilines is 1. The van der Waals surface area contributed by atoms with E-state index in [0.29, 0.717) is 25.7 Å². The monoisotopic (exact) mass is 430 g/mol. The molecule has 0 aromatic carbocycles. The minimum absolute atomic E-state index is 0.0479. The van der Waals surface area contributed by atoms with Crippen LogP contribution < -0.4 is 16.4 Å². The minimum Gasteiger partial charge on any atom is -0.444 e. The van der Waals surface area contributed by atoms with Crippen molar-refractivity contribution < 1.29 is 19.1 Å². The Balaban J connectivity index is 1.74. The number of nitrogens with one attached hydrogen (secondary N) is 2. The van der Waals surface area contributed by atoms with Gasteiger partial charge in [-0.15, -0.1) is 0 Å². The van der Waals surface area contributed by atoms with Crippen LogP contribution in [-0.4, -0.2) is 39.3 Å². The van der Waals surface area contributed by atoms with E-state index in [-0.39, 0.29) is 35.7 Å². The summed E-state index contributed by atoms with van der Waals surface area (Å²) in [6.45, 7) is 5.41. The molecule has 1 heterocycles. The molecule has 0 atom stereocenters. The van der Waals surface area contributed by atoms with Crippen LogP contribution >= 0.6 is 0 Å². The van der Waals surface area contributed by atoms with Crippen LogP contribution in [0.1, 0.15) is 76.1 Å². The molecule has 2 aliphatic carbocycles. The molecule has 31 heavy (non-hydrogen) atoms. The van der Waals surface area contributed by atoms with Crippen molar-refractivity contribution in [1.29, 1.82) is 5.26 Å². The number of carbonyl (C=O) groups is 3. The second-order valence-electron chi connectivity index (χ2n) is 9.44. The molecule has 3 amide bonds. The number of carbonyl (C=O) groups excluding carboxylic acids is 3. The van der Waals surface area contributed by atoms with Gasteiger partial charge in [0.05, 0.1) is 18.0 Å². The van der Waals surface area contributed by atoms with Crippen LogP contribution in [0, 0.1) is 17.2 Å². The number of rotatable bonds is 6. The number of nitrogens with two attached hydrogens (primary N) is 1. The molecule has 168 valence electrons. The molecule has 0 aliphatic heterocycles. The summed E-state index contributed by atoms with van der Waals surface area (Å²) in [6.07, 6.45) is 5.25. The van der Waals surface area contributed by atoms with Gasteiger partial charge in [-0.25, -0.2) is 4.79 Å². The van der Waals surface area contributed by atoms with Crippen molar-refractivity contribution in [3.63, 3.8) is 0 Å². The van der Waals surface area contributed by atoms with E-state index in [0.717, 1.165) is 12.8 Å². The first-order valence-electron chi connectivity index (χ1n) is 10.6. The molecular weight excluding hydrogens is 400 g/mol. The average molecular weight is 431 g/mol. The molecular formula is C21H30N6O4. The van der Waals surface area contributed by atoms with E-state index < -0.39 is 23.1 Å². The fourth-order valence-electron chi connectivity index (χ4n) is 3.86. The summed E-state index contributed by atoms with van der Waals surface area (Å²) in [5, 5.41) is 19.5. The normalized spacial score (nSPS) is 23.5. The molecule has 0 unspecified atom stereocenters. The number of hydrogen-bond acceptors (Lipinski definition) is 6. The molecule has 4 N–H and O–H groups in total. The average Bonchev–Trinajstić information content (AvgIpc) is 3.42. The maximum absolute atomic E-state index is 12.2. The van der Waals surface area contributed by atoms with E-state index >= 15 is 0 Å². The molecule has 1 aromatic heterocycles. The summed E-state index contributed by atoms with van der Waals surface area (Å²) >= 11 is 0. The molecule has 1 aromatic rings. The second kappa shape index (κ2) is 8.57. The van der Waals surface area contributed by atoms with Gasteiger partial charge in [-0.05, 0) is 59.3 Å². The van der Waals surface area contributed by atoms with Gasteiger partial charge in [-0.3, -0.25) is 14.3 Å². The fourth-order valence-corrected chi connectivity index (χ4v) is 3.86. The van der Waals surface area contributed by atoms with Gasteiger partial charge in [-0.1, -0.05) is 0 Å². The Morgan fingerprint density at radius 3 is 2.45 bits per heavy atom. The van der Waals surface area contributed by atoms with Crippen molar-refractivity contribution in [2.75, 3.05) is 5.32 Å². The van der Waals surface area contributed by atoms with E-state index in [2.05, 4.69) is 21.8 Å². The maximum atomic E-state index is 12.2. The van der Waals surface area contributed by atoms with Crippen molar-refractivity contribution in [2.45, 2.75) is 82.9 Å². The van der Waals surface area contributed by atoms with Crippen molar-refractivity contribution in [2.24, 2.45) is 11.7 Å². The summed E-state index contributed by atoms with van der Waals surface area (Å²) in [6, 6.07) is 2.13. The SMILES string of the molecule is CC(C)(C)OC(=O)N[C@H]1CC[C@@](CC#N)(n2cc(C(N)=O)c(NC(=O)C3CC3)n2)CC1. The highest BCUT2D eigenvalue weighted by Crippen LogP contribution is 2.39. The van der Waals surface area contributed by atoms with Gasteiger partial charge >= 0.3 is 6.09 Å². The molecule has 2 aliphatic rings. The van der Waals surface area contributed by atoms with Crippen LogP contribution in [0.4, 0.5) is 10.6 Å². The van der Waals surface area contributed by atoms with Crippen LogP contribution in [0.25, 0.3) is 0 Å². The predicted molar refractivity (Wildman–Crippen MR) is 112 cm³/mol. The first-order chi connectivity index (χ1) is 14.5. The van der Waals surface area contributed by atoms with Crippen molar-refractivity contribution in [1.82, 2.24) is 15.1 Å². The highest BCUT2D eigenvalue weighted by Gasteiger charge is 2.40. The third-order valence-electron chi connectivity index (χ3n) is 5.70. The van der Waals surface area contributed by atoms with Crippen molar-refractivity contribution in [3.8, 4) is 6.07 Å². The summed E-state index contributed by atoms with van der Waals surface area (Å²) in [7, 11) is 0. The minimum atomic E-state index is -0.690. The van der Waals surface area contributed by atoms with Gasteiger partial charge in [0, 0.05) is 18.2 Å². The van der Waals surface area contributed by atoms with Gasteiger partial charge in [-0.2, -0.15) is 10.4 Å². The third kappa shape index (κ3) is 5.54. The lowest BCUT2D eigenvalue weighted by atomic mass is 9.77. The van der Waals surface area contributed by atoms with E-state index in [1.54, 1.807) is 25.5 Å². The fraction of sp³-hybridized carbons (Fsp3) is 0.667. The lowest BCUT2D eigenvalue weighted by Gasteiger charge is -2.39. The number of nitrogens with zero attached hydrogens (tertiary/aromatic N) is 3. The maximum Gasteiger partial charge on any atom is 0.407 e. The van der Waals surface area contributed by atoms with Gasteiger partial charge in [0.2, 0.25) is 5.91 Å². The molecule has 2 saturated carbocycles. The van der Waals surface area contributed by atoms with E-state index in [1.165, 1.54) is 6.20 Å². The Hall–Kier alpha value is -3.09. The van der Waals surface area contributed by atoms with E-state index in [1.807, 2.05) is 0 Å². The number of amides is 3. The smallest absolute Gasteiger partial charge is 0.407 e. The number of aromatic nitrogens is 2. The lowest BCUT2D eigenvalue weighted by molar-refractivity contribution is -0.117. The summed E-state index contributed by atoms with van der Waals surface area (Å²) in [4.78, 5) is 36.2. The van der Waals surface area contributed by atoms with Crippen LogP contribution in [-0.2, 0) is 15.1 Å². The zero-order valence-corrected chi connectivity index (χ0v) is 18.2. The van der Waals surface area contributed by atoms with Crippen LogP contribution in [0.2, 0.25) is 0 Å². The van der Waals surface area contributed by atoms with E-state index in [9.17, 15) is 19.6 Å². The highest BCUT2D eigenvalue weighted by molar-refractivity contribution is 6.02. The largest absolute Gasteiger partial charge is 0.444 e. The standard InChI is InChI=1S/C21H30N6O4/c1-20(2,3)31-19(30)24-14-6-8-21(9-7-14,10-11-22)27-12-15(16(23)28)17(26-27)25-18(29)13-4-5-13/h12-14H,4-10H2,1-3H3,(H2,23,28)(H,24,30)(H,25,26,29)/t14-,21+. The van der Waals surface area contributed by atoms with Crippen LogP contribution in [0.3, 0.4) is 0 Å². The van der Waals surface area contributed by atoms with Crippen LogP contribution in [0.5, 0.6) is 0 Å². The third-order valence-corrected chi connectivity index (χ3v) is 5.70. The number of ether oxygens (including phenoxy) is 1. The van der Waals surface area contributed by atoms with Crippen LogP contribution in [0.15, 0.2) is 6.20 Å². The molecule has 3 rings (SSSR count). The van der Waals surface area contributed by atoms with Gasteiger partial charge in [0.15, 0.2) is 5.82 Å². The summed E-state index contributed by atoms with van der Waals surface area (Å²) in [5.41, 5.74) is 4.40. The summed E-state index contributed by atoms with van der Waals surface area (Å²) in [5.74, 6) is -0.777. The molecule has 0 saturated heterocycles. The second-order valence-corrected chi connectivity index (χ2v) is 9.44. The lowest BCUT2D eigenvalue weighted by Crippen LogP contribution is -2.46. The van der Waals surface area contributed by atoms with Gasteiger partial charge in [0.1, 0.15) is 11.2 Å². The highest BCUT2D eigenvalue weighted by atomic mass is 16.6. The molecule has 2 fully saturated rings. The number of hydrogen-bond donors (Lipinski definition) is 3. The molecule has 0 bridgehead atoms. The van der Waals surface area contributed by atoms with Crippen molar-refractivity contribution >= 4 is 23.7 Å². The zero-order valence-electron chi connectivity index (χ0n) is 18.2. The number of alkyl carbamates (subject to hydrolysis) is 1. The van der Waals surface area contributed by atoms with E-state index in [4.69, 9.17) is 10.5 Å². The van der Waals surface area contributed by atoms with Crippen molar-refractivity contribution in [3.05, 3.63) is 11.8 Å². The molecule has 0 spiro atoms. The quantitative estimate of drug-likeness (QED) is 0.630. The topological polar surface area (TPSA) is 152 Å². The number of primary amides is 1. The number of nitriles is 1. The molecule has 0 radical (unpaired) electrons. The zero-order chi connectivity index (χ0) is 22.8. The Labute approximate surface area is 181 Å². The Morgan fingerprint density at radius 2 is 1.94 bits per heavy atom. The Bertz CT molecular complexity index is 898.